The minimum absolute atomic E-state index is 0.290. The number of nitrogens with zero attached hydrogens (tertiary/aromatic N) is 3. The van der Waals surface area contributed by atoms with Gasteiger partial charge in [-0.25, -0.2) is 4.98 Å². The highest BCUT2D eigenvalue weighted by Gasteiger charge is 2.30. The number of hydrogen-bond acceptors (Lipinski definition) is 3. The molecule has 2 fully saturated rings. The first kappa shape index (κ1) is 17.5. The molecule has 1 atom stereocenters. The van der Waals surface area contributed by atoms with Crippen molar-refractivity contribution in [2.24, 2.45) is 5.92 Å². The Hall–Kier alpha value is -2.63. The van der Waals surface area contributed by atoms with Crippen LogP contribution >= 0.6 is 0 Å². The van der Waals surface area contributed by atoms with E-state index in [1.54, 1.807) is 0 Å². The first-order chi connectivity index (χ1) is 13.8. The van der Waals surface area contributed by atoms with E-state index in [0.29, 0.717) is 24.2 Å². The van der Waals surface area contributed by atoms with Gasteiger partial charge < -0.3 is 9.88 Å². The number of aromatic amines is 2. The molecule has 2 aliphatic rings. The van der Waals surface area contributed by atoms with Crippen LogP contribution in [0.3, 0.4) is 0 Å². The van der Waals surface area contributed by atoms with Gasteiger partial charge in [0.25, 0.3) is 0 Å². The quantitative estimate of drug-likeness (QED) is 0.661. The van der Waals surface area contributed by atoms with Gasteiger partial charge in [-0.2, -0.15) is 5.10 Å². The number of fused-ring (bicyclic) bond motifs is 1. The zero-order valence-electron chi connectivity index (χ0n) is 16.2. The first-order valence-corrected chi connectivity index (χ1v) is 10.5. The molecule has 28 heavy (non-hydrogen) atoms. The maximum atomic E-state index is 12.6. The van der Waals surface area contributed by atoms with E-state index in [-0.39, 0.29) is 0 Å². The number of hydrogen-bond donors (Lipinski definition) is 2. The van der Waals surface area contributed by atoms with E-state index in [0.717, 1.165) is 50.4 Å². The van der Waals surface area contributed by atoms with Gasteiger partial charge in [-0.15, -0.1) is 0 Å². The van der Waals surface area contributed by atoms with Crippen LogP contribution in [0, 0.1) is 5.92 Å². The monoisotopic (exact) mass is 377 g/mol. The summed E-state index contributed by atoms with van der Waals surface area (Å²) in [6.07, 6.45) is 8.95. The Bertz CT molecular complexity index is 970. The van der Waals surface area contributed by atoms with Gasteiger partial charge in [0.05, 0.1) is 0 Å². The normalized spacial score (nSPS) is 19.6. The topological polar surface area (TPSA) is 77.7 Å². The lowest BCUT2D eigenvalue weighted by Gasteiger charge is -2.16. The first-order valence-electron chi connectivity index (χ1n) is 10.5. The summed E-state index contributed by atoms with van der Waals surface area (Å²) in [5, 5.41) is 8.71. The summed E-state index contributed by atoms with van der Waals surface area (Å²) in [6, 6.07) is 8.35. The van der Waals surface area contributed by atoms with E-state index in [2.05, 4.69) is 44.6 Å². The molecule has 1 saturated heterocycles. The van der Waals surface area contributed by atoms with Gasteiger partial charge in [0.15, 0.2) is 5.82 Å². The smallest absolute Gasteiger partial charge is 0.222 e. The molecule has 1 aliphatic heterocycles. The van der Waals surface area contributed by atoms with Crippen molar-refractivity contribution in [1.82, 2.24) is 25.1 Å². The number of rotatable bonds is 7. The van der Waals surface area contributed by atoms with Gasteiger partial charge >= 0.3 is 0 Å². The van der Waals surface area contributed by atoms with E-state index >= 15 is 0 Å². The second kappa shape index (κ2) is 7.41. The lowest BCUT2D eigenvalue weighted by molar-refractivity contribution is -0.130. The van der Waals surface area contributed by atoms with Crippen LogP contribution in [0.25, 0.3) is 10.9 Å². The summed E-state index contributed by atoms with van der Waals surface area (Å²) >= 11 is 0. The van der Waals surface area contributed by atoms with Crippen LogP contribution in [0.1, 0.15) is 55.2 Å². The van der Waals surface area contributed by atoms with Crippen LogP contribution in [-0.4, -0.2) is 44.1 Å². The molecular weight excluding hydrogens is 350 g/mol. The minimum atomic E-state index is 0.290. The van der Waals surface area contributed by atoms with Crippen molar-refractivity contribution in [3.63, 3.8) is 0 Å². The SMILES string of the molecule is O=C(CCCc1c[nH]c2ccccc12)N1CCC(Cc2nc(C3CC3)n[nH]2)C1. The van der Waals surface area contributed by atoms with E-state index in [1.807, 2.05) is 11.0 Å². The number of nitrogens with one attached hydrogen (secondary N) is 2. The molecule has 1 amide bonds. The van der Waals surface area contributed by atoms with E-state index in [1.165, 1.54) is 29.3 Å². The van der Waals surface area contributed by atoms with Crippen LogP contribution in [0.2, 0.25) is 0 Å². The number of benzene rings is 1. The molecule has 2 aromatic heterocycles. The molecule has 1 unspecified atom stereocenters. The van der Waals surface area contributed by atoms with Crippen LogP contribution < -0.4 is 0 Å². The summed E-state index contributed by atoms with van der Waals surface area (Å²) in [6.45, 7) is 1.73. The van der Waals surface area contributed by atoms with Crippen molar-refractivity contribution in [1.29, 1.82) is 0 Å². The van der Waals surface area contributed by atoms with Gasteiger partial charge in [-0.05, 0) is 49.7 Å². The summed E-state index contributed by atoms with van der Waals surface area (Å²) < 4.78 is 0. The number of aryl methyl sites for hydroxylation is 1. The van der Waals surface area contributed by atoms with Crippen molar-refractivity contribution >= 4 is 16.8 Å². The van der Waals surface area contributed by atoms with Gasteiger partial charge in [0, 0.05) is 48.9 Å². The van der Waals surface area contributed by atoms with Crippen LogP contribution in [0.4, 0.5) is 0 Å². The number of likely N-dealkylation sites (tertiary alicyclic amines) is 1. The molecular formula is C22H27N5O. The van der Waals surface area contributed by atoms with Crippen molar-refractivity contribution in [2.45, 2.75) is 50.9 Å². The van der Waals surface area contributed by atoms with Gasteiger partial charge in [0.2, 0.25) is 5.91 Å². The summed E-state index contributed by atoms with van der Waals surface area (Å²) in [4.78, 5) is 22.6. The standard InChI is InChI=1S/C22H27N5O/c28-21(7-3-4-17-13-23-19-6-2-1-5-18(17)19)27-11-10-15(14-27)12-20-24-22(26-25-20)16-8-9-16/h1-2,5-6,13,15-16,23H,3-4,7-12,14H2,(H,24,25,26). The fraction of sp³-hybridized carbons (Fsp3) is 0.500. The third-order valence-corrected chi connectivity index (χ3v) is 6.12. The average molecular weight is 377 g/mol. The molecule has 5 rings (SSSR count). The predicted octanol–water partition coefficient (Wildman–Crippen LogP) is 3.58. The second-order valence-electron chi connectivity index (χ2n) is 8.33. The largest absolute Gasteiger partial charge is 0.361 e. The molecule has 1 aromatic carbocycles. The number of aromatic nitrogens is 4. The lowest BCUT2D eigenvalue weighted by Crippen LogP contribution is -2.28. The Kier molecular flexibility index (Phi) is 4.63. The Balaban J connectivity index is 1.09. The number of amides is 1. The maximum Gasteiger partial charge on any atom is 0.222 e. The summed E-state index contributed by atoms with van der Waals surface area (Å²) in [5.74, 6) is 3.35. The maximum absolute atomic E-state index is 12.6. The van der Waals surface area contributed by atoms with Crippen molar-refractivity contribution in [3.05, 3.63) is 47.7 Å². The highest BCUT2D eigenvalue weighted by Crippen LogP contribution is 2.38. The third-order valence-electron chi connectivity index (χ3n) is 6.12. The zero-order valence-corrected chi connectivity index (χ0v) is 16.2. The Morgan fingerprint density at radius 1 is 1.21 bits per heavy atom. The van der Waals surface area contributed by atoms with Crippen LogP contribution in [0.5, 0.6) is 0 Å². The molecule has 6 nitrogen and oxygen atoms in total. The number of carbonyl (C=O) groups excluding carboxylic acids is 1. The molecule has 3 heterocycles. The van der Waals surface area contributed by atoms with E-state index < -0.39 is 0 Å². The summed E-state index contributed by atoms with van der Waals surface area (Å²) in [5.41, 5.74) is 2.47. The molecule has 3 aromatic rings. The fourth-order valence-electron chi connectivity index (χ4n) is 4.35. The average Bonchev–Trinajstić information content (AvgIpc) is 3.11. The van der Waals surface area contributed by atoms with Crippen molar-refractivity contribution in [3.8, 4) is 0 Å². The number of para-hydroxylation sites is 1. The number of H-pyrrole nitrogens is 2. The molecule has 1 saturated carbocycles. The molecule has 6 heteroatoms. The van der Waals surface area contributed by atoms with E-state index in [4.69, 9.17) is 0 Å². The van der Waals surface area contributed by atoms with Gasteiger partial charge in [-0.3, -0.25) is 9.89 Å². The van der Waals surface area contributed by atoms with Crippen molar-refractivity contribution in [2.75, 3.05) is 13.1 Å². The fourth-order valence-corrected chi connectivity index (χ4v) is 4.35. The molecule has 0 bridgehead atoms. The van der Waals surface area contributed by atoms with Crippen molar-refractivity contribution < 1.29 is 4.79 Å². The number of carbonyl (C=O) groups is 1. The Morgan fingerprint density at radius 3 is 3.00 bits per heavy atom. The van der Waals surface area contributed by atoms with Gasteiger partial charge in [-0.1, -0.05) is 18.2 Å². The van der Waals surface area contributed by atoms with E-state index in [9.17, 15) is 4.79 Å². The molecule has 146 valence electrons. The highest BCUT2D eigenvalue weighted by molar-refractivity contribution is 5.83. The van der Waals surface area contributed by atoms with Gasteiger partial charge in [0.1, 0.15) is 5.82 Å². The van der Waals surface area contributed by atoms with Crippen LogP contribution in [-0.2, 0) is 17.6 Å². The molecule has 2 N–H and O–H groups in total. The highest BCUT2D eigenvalue weighted by atomic mass is 16.2. The molecule has 0 radical (unpaired) electrons. The predicted molar refractivity (Wildman–Crippen MR) is 108 cm³/mol. The van der Waals surface area contributed by atoms with Crippen LogP contribution in [0.15, 0.2) is 30.5 Å². The molecule has 0 spiro atoms. The minimum Gasteiger partial charge on any atom is -0.361 e. The zero-order chi connectivity index (χ0) is 18.9. The Morgan fingerprint density at radius 2 is 2.11 bits per heavy atom. The Labute approximate surface area is 164 Å². The lowest BCUT2D eigenvalue weighted by atomic mass is 10.0. The molecule has 1 aliphatic carbocycles. The third kappa shape index (κ3) is 3.68. The second-order valence-corrected chi connectivity index (χ2v) is 8.33. The summed E-state index contributed by atoms with van der Waals surface area (Å²) in [7, 11) is 0.